The zero-order chi connectivity index (χ0) is 13.0. The number of imidazole rings is 1. The molecule has 0 radical (unpaired) electrons. The number of carboxylic acids is 1. The molecule has 2 atom stereocenters. The van der Waals surface area contributed by atoms with Crippen LogP contribution in [0.1, 0.15) is 51.9 Å². The summed E-state index contributed by atoms with van der Waals surface area (Å²) in [6, 6.07) is -0.338. The molecule has 2 N–H and O–H groups in total. The minimum atomic E-state index is -0.868. The van der Waals surface area contributed by atoms with Crippen molar-refractivity contribution in [2.45, 2.75) is 52.2 Å². The SMILES string of the molecule is CCC(C)NC(C(=O)O)c1cncn1C(C)C. The molecule has 1 heterocycles. The highest BCUT2D eigenvalue weighted by atomic mass is 16.4. The van der Waals surface area contributed by atoms with Gasteiger partial charge in [0, 0.05) is 12.1 Å². The fourth-order valence-corrected chi connectivity index (χ4v) is 1.66. The van der Waals surface area contributed by atoms with Crippen molar-refractivity contribution in [1.29, 1.82) is 0 Å². The summed E-state index contributed by atoms with van der Waals surface area (Å²) in [5.41, 5.74) is 0.702. The standard InChI is InChI=1S/C12H21N3O2/c1-5-9(4)14-11(12(16)17)10-6-13-7-15(10)8(2)3/h6-9,11,14H,5H2,1-4H3,(H,16,17). The van der Waals surface area contributed by atoms with E-state index in [1.165, 1.54) is 0 Å². The van der Waals surface area contributed by atoms with Gasteiger partial charge in [0.2, 0.25) is 0 Å². The Hall–Kier alpha value is -1.36. The van der Waals surface area contributed by atoms with Crippen LogP contribution in [0.2, 0.25) is 0 Å². The van der Waals surface area contributed by atoms with E-state index in [-0.39, 0.29) is 12.1 Å². The number of aliphatic carboxylic acids is 1. The summed E-state index contributed by atoms with van der Waals surface area (Å²) in [5, 5.41) is 12.4. The van der Waals surface area contributed by atoms with E-state index in [1.54, 1.807) is 12.5 Å². The van der Waals surface area contributed by atoms with Gasteiger partial charge in [0.25, 0.3) is 0 Å². The van der Waals surface area contributed by atoms with Crippen LogP contribution in [0.25, 0.3) is 0 Å². The van der Waals surface area contributed by atoms with E-state index < -0.39 is 12.0 Å². The molecule has 0 aromatic carbocycles. The normalized spacial score (nSPS) is 14.9. The Morgan fingerprint density at radius 2 is 2.18 bits per heavy atom. The lowest BCUT2D eigenvalue weighted by Crippen LogP contribution is -2.36. The van der Waals surface area contributed by atoms with E-state index in [2.05, 4.69) is 10.3 Å². The molecule has 2 unspecified atom stereocenters. The third-order valence-electron chi connectivity index (χ3n) is 2.86. The Kier molecular flexibility index (Phi) is 4.69. The Labute approximate surface area is 102 Å². The monoisotopic (exact) mass is 239 g/mol. The first kappa shape index (κ1) is 13.7. The number of nitrogens with zero attached hydrogens (tertiary/aromatic N) is 2. The largest absolute Gasteiger partial charge is 0.480 e. The Balaban J connectivity index is 2.97. The highest BCUT2D eigenvalue weighted by Gasteiger charge is 2.25. The van der Waals surface area contributed by atoms with Crippen molar-refractivity contribution >= 4 is 5.97 Å². The average Bonchev–Trinajstić information content (AvgIpc) is 2.73. The van der Waals surface area contributed by atoms with Gasteiger partial charge in [0.05, 0.1) is 18.2 Å². The molecule has 0 amide bonds. The van der Waals surface area contributed by atoms with E-state index in [0.717, 1.165) is 6.42 Å². The van der Waals surface area contributed by atoms with Crippen LogP contribution in [0.3, 0.4) is 0 Å². The topological polar surface area (TPSA) is 67.2 Å². The molecule has 1 aromatic heterocycles. The first-order valence-corrected chi connectivity index (χ1v) is 5.97. The quantitative estimate of drug-likeness (QED) is 0.796. The molecule has 0 aliphatic heterocycles. The second kappa shape index (κ2) is 5.82. The molecule has 0 saturated carbocycles. The van der Waals surface area contributed by atoms with Crippen molar-refractivity contribution in [2.75, 3.05) is 0 Å². The third kappa shape index (κ3) is 3.30. The van der Waals surface area contributed by atoms with Crippen LogP contribution in [0, 0.1) is 0 Å². The van der Waals surface area contributed by atoms with Crippen LogP contribution in [0.4, 0.5) is 0 Å². The minimum Gasteiger partial charge on any atom is -0.480 e. The van der Waals surface area contributed by atoms with Gasteiger partial charge in [-0.25, -0.2) is 4.98 Å². The zero-order valence-corrected chi connectivity index (χ0v) is 10.8. The lowest BCUT2D eigenvalue weighted by Gasteiger charge is -2.21. The lowest BCUT2D eigenvalue weighted by molar-refractivity contribution is -0.140. The number of nitrogens with one attached hydrogen (secondary N) is 1. The molecular weight excluding hydrogens is 218 g/mol. The Morgan fingerprint density at radius 3 is 2.65 bits per heavy atom. The molecule has 1 rings (SSSR count). The zero-order valence-electron chi connectivity index (χ0n) is 10.8. The van der Waals surface area contributed by atoms with Crippen molar-refractivity contribution in [2.24, 2.45) is 0 Å². The summed E-state index contributed by atoms with van der Waals surface area (Å²) in [5.74, 6) is -0.868. The highest BCUT2D eigenvalue weighted by molar-refractivity contribution is 5.74. The fraction of sp³-hybridized carbons (Fsp3) is 0.667. The van der Waals surface area contributed by atoms with Gasteiger partial charge < -0.3 is 9.67 Å². The molecule has 0 saturated heterocycles. The van der Waals surface area contributed by atoms with Crippen LogP contribution < -0.4 is 5.32 Å². The third-order valence-corrected chi connectivity index (χ3v) is 2.86. The number of hydrogen-bond acceptors (Lipinski definition) is 3. The van der Waals surface area contributed by atoms with E-state index in [1.807, 2.05) is 32.3 Å². The van der Waals surface area contributed by atoms with Crippen LogP contribution in [-0.2, 0) is 4.79 Å². The molecule has 5 nitrogen and oxygen atoms in total. The summed E-state index contributed by atoms with van der Waals surface area (Å²) < 4.78 is 1.88. The fourth-order valence-electron chi connectivity index (χ4n) is 1.66. The highest BCUT2D eigenvalue weighted by Crippen LogP contribution is 2.18. The molecule has 0 spiro atoms. The number of aromatic nitrogens is 2. The summed E-state index contributed by atoms with van der Waals surface area (Å²) in [4.78, 5) is 15.4. The van der Waals surface area contributed by atoms with Gasteiger partial charge in [-0.15, -0.1) is 0 Å². The summed E-state index contributed by atoms with van der Waals surface area (Å²) in [7, 11) is 0. The van der Waals surface area contributed by atoms with Crippen molar-refractivity contribution in [1.82, 2.24) is 14.9 Å². The van der Waals surface area contributed by atoms with Crippen molar-refractivity contribution in [3.63, 3.8) is 0 Å². The van der Waals surface area contributed by atoms with Crippen molar-refractivity contribution in [3.8, 4) is 0 Å². The maximum absolute atomic E-state index is 11.3. The van der Waals surface area contributed by atoms with Gasteiger partial charge in [-0.1, -0.05) is 6.92 Å². The first-order valence-electron chi connectivity index (χ1n) is 5.97. The van der Waals surface area contributed by atoms with E-state index in [4.69, 9.17) is 0 Å². The van der Waals surface area contributed by atoms with E-state index in [9.17, 15) is 9.90 Å². The van der Waals surface area contributed by atoms with Crippen LogP contribution >= 0.6 is 0 Å². The molecule has 96 valence electrons. The molecule has 0 aliphatic carbocycles. The lowest BCUT2D eigenvalue weighted by atomic mass is 10.1. The molecule has 0 aliphatic rings. The molecule has 17 heavy (non-hydrogen) atoms. The molecule has 5 heteroatoms. The van der Waals surface area contributed by atoms with Gasteiger partial charge in [0.15, 0.2) is 0 Å². The predicted octanol–water partition coefficient (Wildman–Crippen LogP) is 1.98. The average molecular weight is 239 g/mol. The smallest absolute Gasteiger partial charge is 0.326 e. The van der Waals surface area contributed by atoms with Crippen LogP contribution in [0.15, 0.2) is 12.5 Å². The van der Waals surface area contributed by atoms with Gasteiger partial charge >= 0.3 is 5.97 Å². The van der Waals surface area contributed by atoms with E-state index in [0.29, 0.717) is 5.69 Å². The first-order chi connectivity index (χ1) is 7.97. The Morgan fingerprint density at radius 1 is 1.53 bits per heavy atom. The molecule has 0 bridgehead atoms. The summed E-state index contributed by atoms with van der Waals surface area (Å²) in [6.07, 6.45) is 4.18. The van der Waals surface area contributed by atoms with E-state index >= 15 is 0 Å². The molecular formula is C12H21N3O2. The van der Waals surface area contributed by atoms with Crippen LogP contribution in [0.5, 0.6) is 0 Å². The number of carbonyl (C=O) groups is 1. The van der Waals surface area contributed by atoms with Crippen LogP contribution in [-0.4, -0.2) is 26.7 Å². The molecule has 1 aromatic rings. The minimum absolute atomic E-state index is 0.159. The van der Waals surface area contributed by atoms with Gasteiger partial charge in [-0.2, -0.15) is 0 Å². The number of hydrogen-bond donors (Lipinski definition) is 2. The maximum atomic E-state index is 11.3. The summed E-state index contributed by atoms with van der Waals surface area (Å²) in [6.45, 7) is 8.02. The predicted molar refractivity (Wildman–Crippen MR) is 65.9 cm³/mol. The van der Waals surface area contributed by atoms with Crippen molar-refractivity contribution < 1.29 is 9.90 Å². The second-order valence-corrected chi connectivity index (χ2v) is 4.57. The van der Waals surface area contributed by atoms with Gasteiger partial charge in [-0.05, 0) is 27.2 Å². The number of carboxylic acid groups (broad SMARTS) is 1. The molecule has 0 fully saturated rings. The number of rotatable bonds is 6. The van der Waals surface area contributed by atoms with Gasteiger partial charge in [-0.3, -0.25) is 10.1 Å². The van der Waals surface area contributed by atoms with Gasteiger partial charge in [0.1, 0.15) is 6.04 Å². The summed E-state index contributed by atoms with van der Waals surface area (Å²) >= 11 is 0. The second-order valence-electron chi connectivity index (χ2n) is 4.57. The van der Waals surface area contributed by atoms with Crippen molar-refractivity contribution in [3.05, 3.63) is 18.2 Å². The maximum Gasteiger partial charge on any atom is 0.326 e. The Bertz CT molecular complexity index is 374.